The van der Waals surface area contributed by atoms with Crippen molar-refractivity contribution in [3.63, 3.8) is 0 Å². The summed E-state index contributed by atoms with van der Waals surface area (Å²) >= 11 is 3.45. The van der Waals surface area contributed by atoms with Gasteiger partial charge in [0.25, 0.3) is 5.91 Å². The minimum Gasteiger partial charge on any atom is -0.272 e. The first-order valence-corrected chi connectivity index (χ1v) is 8.00. The van der Waals surface area contributed by atoms with Gasteiger partial charge < -0.3 is 0 Å². The maximum atomic E-state index is 12.7. The van der Waals surface area contributed by atoms with Crippen LogP contribution in [0, 0.1) is 5.41 Å². The zero-order valence-corrected chi connectivity index (χ0v) is 14.2. The summed E-state index contributed by atoms with van der Waals surface area (Å²) in [6.45, 7) is 3.94. The number of hydrogen-bond acceptors (Lipinski definition) is 2. The molecule has 0 saturated carbocycles. The van der Waals surface area contributed by atoms with Crippen LogP contribution in [0.4, 0.5) is 5.69 Å². The van der Waals surface area contributed by atoms with Gasteiger partial charge in [0.15, 0.2) is 0 Å². The van der Waals surface area contributed by atoms with Gasteiger partial charge in [-0.25, -0.2) is 5.01 Å². The van der Waals surface area contributed by atoms with E-state index in [1.807, 2.05) is 68.4 Å². The Morgan fingerprint density at radius 3 is 2.32 bits per heavy atom. The molecule has 3 rings (SSSR count). The standard InChI is InChI=1S/C18H17BrN2O/c1-18(2)12-16(13-8-10-14(19)11-9-13)20-21(17(18)22)15-6-4-3-5-7-15/h3-11H,12H2,1-2H3. The number of carbonyl (C=O) groups excluding carboxylic acids is 1. The Balaban J connectivity index is 2.06. The van der Waals surface area contributed by atoms with E-state index in [1.54, 1.807) is 0 Å². The number of halogens is 1. The van der Waals surface area contributed by atoms with Crippen LogP contribution in [-0.4, -0.2) is 11.6 Å². The van der Waals surface area contributed by atoms with E-state index in [2.05, 4.69) is 21.0 Å². The lowest BCUT2D eigenvalue weighted by molar-refractivity contribution is -0.126. The summed E-state index contributed by atoms with van der Waals surface area (Å²) in [6.07, 6.45) is 0.636. The highest BCUT2D eigenvalue weighted by molar-refractivity contribution is 9.10. The van der Waals surface area contributed by atoms with Crippen molar-refractivity contribution in [1.29, 1.82) is 0 Å². The van der Waals surface area contributed by atoms with Crippen LogP contribution < -0.4 is 5.01 Å². The molecule has 0 spiro atoms. The topological polar surface area (TPSA) is 32.7 Å². The summed E-state index contributed by atoms with van der Waals surface area (Å²) in [6, 6.07) is 17.6. The van der Waals surface area contributed by atoms with Gasteiger partial charge in [0, 0.05) is 10.9 Å². The number of nitrogens with zero attached hydrogens (tertiary/aromatic N) is 2. The predicted octanol–water partition coefficient (Wildman–Crippen LogP) is 4.62. The molecule has 22 heavy (non-hydrogen) atoms. The van der Waals surface area contributed by atoms with Crippen molar-refractivity contribution in [1.82, 2.24) is 0 Å². The maximum Gasteiger partial charge on any atom is 0.253 e. The van der Waals surface area contributed by atoms with Crippen molar-refractivity contribution >= 4 is 33.2 Å². The van der Waals surface area contributed by atoms with Crippen LogP contribution in [-0.2, 0) is 4.79 Å². The van der Waals surface area contributed by atoms with Crippen LogP contribution in [0.1, 0.15) is 25.8 Å². The van der Waals surface area contributed by atoms with Crippen molar-refractivity contribution in [2.45, 2.75) is 20.3 Å². The molecule has 0 N–H and O–H groups in total. The fourth-order valence-electron chi connectivity index (χ4n) is 2.53. The van der Waals surface area contributed by atoms with E-state index in [4.69, 9.17) is 0 Å². The van der Waals surface area contributed by atoms with Gasteiger partial charge in [0.2, 0.25) is 0 Å². The Hall–Kier alpha value is -1.94. The average Bonchev–Trinajstić information content (AvgIpc) is 2.51. The number of para-hydroxylation sites is 1. The van der Waals surface area contributed by atoms with Crippen LogP contribution >= 0.6 is 15.9 Å². The molecule has 0 radical (unpaired) electrons. The van der Waals surface area contributed by atoms with Gasteiger partial charge in [-0.05, 0) is 29.8 Å². The largest absolute Gasteiger partial charge is 0.272 e. The van der Waals surface area contributed by atoms with Gasteiger partial charge in [0.1, 0.15) is 0 Å². The van der Waals surface area contributed by atoms with Gasteiger partial charge in [0.05, 0.1) is 16.8 Å². The molecule has 1 aliphatic heterocycles. The molecule has 112 valence electrons. The third-order valence-corrected chi connectivity index (χ3v) is 4.31. The normalized spacial score (nSPS) is 17.3. The van der Waals surface area contributed by atoms with Crippen LogP contribution in [0.2, 0.25) is 0 Å². The number of amides is 1. The lowest BCUT2D eigenvalue weighted by atomic mass is 9.82. The molecule has 1 heterocycles. The highest BCUT2D eigenvalue weighted by Gasteiger charge is 2.38. The summed E-state index contributed by atoms with van der Waals surface area (Å²) in [4.78, 5) is 12.7. The van der Waals surface area contributed by atoms with Crippen molar-refractivity contribution in [2.24, 2.45) is 10.5 Å². The van der Waals surface area contributed by atoms with E-state index < -0.39 is 5.41 Å². The molecule has 1 aliphatic rings. The second-order valence-corrected chi connectivity index (χ2v) is 6.98. The molecule has 2 aromatic rings. The Morgan fingerprint density at radius 2 is 1.68 bits per heavy atom. The first kappa shape index (κ1) is 15.0. The van der Waals surface area contributed by atoms with Crippen molar-refractivity contribution in [2.75, 3.05) is 5.01 Å². The Kier molecular flexibility index (Phi) is 3.87. The van der Waals surface area contributed by atoms with Gasteiger partial charge in [-0.15, -0.1) is 0 Å². The summed E-state index contributed by atoms with van der Waals surface area (Å²) in [5, 5.41) is 6.14. The molecule has 0 unspecified atom stereocenters. The lowest BCUT2D eigenvalue weighted by Crippen LogP contribution is -2.44. The number of hydrogen-bond donors (Lipinski definition) is 0. The second kappa shape index (κ2) is 5.69. The fraction of sp³-hybridized carbons (Fsp3) is 0.222. The number of anilines is 1. The molecule has 3 nitrogen and oxygen atoms in total. The fourth-order valence-corrected chi connectivity index (χ4v) is 2.79. The van der Waals surface area contributed by atoms with E-state index in [0.717, 1.165) is 21.4 Å². The highest BCUT2D eigenvalue weighted by Crippen LogP contribution is 2.33. The summed E-state index contributed by atoms with van der Waals surface area (Å²) in [5.74, 6) is 0.0274. The molecule has 0 atom stereocenters. The van der Waals surface area contributed by atoms with Gasteiger partial charge in [-0.2, -0.15) is 5.10 Å². The van der Waals surface area contributed by atoms with Crippen molar-refractivity contribution in [3.05, 3.63) is 64.6 Å². The van der Waals surface area contributed by atoms with Gasteiger partial charge in [-0.3, -0.25) is 4.79 Å². The molecule has 2 aromatic carbocycles. The summed E-state index contributed by atoms with van der Waals surface area (Å²) in [7, 11) is 0. The van der Waals surface area contributed by atoms with Crippen molar-refractivity contribution in [3.8, 4) is 0 Å². The van der Waals surface area contributed by atoms with E-state index in [9.17, 15) is 4.79 Å². The predicted molar refractivity (Wildman–Crippen MR) is 93.0 cm³/mol. The molecule has 0 aliphatic carbocycles. The first-order chi connectivity index (χ1) is 10.5. The minimum atomic E-state index is -0.472. The van der Waals surface area contributed by atoms with E-state index >= 15 is 0 Å². The zero-order valence-electron chi connectivity index (χ0n) is 12.6. The molecule has 1 amide bonds. The number of rotatable bonds is 2. The third-order valence-electron chi connectivity index (χ3n) is 3.78. The number of carbonyl (C=O) groups is 1. The molecule has 0 saturated heterocycles. The number of hydrazone groups is 1. The number of benzene rings is 2. The van der Waals surface area contributed by atoms with Crippen LogP contribution in [0.5, 0.6) is 0 Å². The quantitative estimate of drug-likeness (QED) is 0.772. The molecule has 0 fully saturated rings. The lowest BCUT2D eigenvalue weighted by Gasteiger charge is -2.34. The van der Waals surface area contributed by atoms with Crippen molar-refractivity contribution < 1.29 is 4.79 Å². The summed E-state index contributed by atoms with van der Waals surface area (Å²) < 4.78 is 1.03. The van der Waals surface area contributed by atoms with Crippen LogP contribution in [0.25, 0.3) is 0 Å². The Bertz CT molecular complexity index is 721. The zero-order chi connectivity index (χ0) is 15.7. The molecule has 0 aromatic heterocycles. The Labute approximate surface area is 138 Å². The first-order valence-electron chi connectivity index (χ1n) is 7.20. The monoisotopic (exact) mass is 356 g/mol. The third kappa shape index (κ3) is 2.83. The van der Waals surface area contributed by atoms with Gasteiger partial charge in [-0.1, -0.05) is 60.1 Å². The average molecular weight is 357 g/mol. The minimum absolute atomic E-state index is 0.0274. The Morgan fingerprint density at radius 1 is 1.05 bits per heavy atom. The van der Waals surface area contributed by atoms with E-state index in [0.29, 0.717) is 6.42 Å². The SMILES string of the molecule is CC1(C)CC(c2ccc(Br)cc2)=NN(c2ccccc2)C1=O. The second-order valence-electron chi connectivity index (χ2n) is 6.07. The maximum absolute atomic E-state index is 12.7. The van der Waals surface area contributed by atoms with E-state index in [-0.39, 0.29) is 5.91 Å². The van der Waals surface area contributed by atoms with Crippen LogP contribution in [0.15, 0.2) is 64.2 Å². The molecule has 4 heteroatoms. The smallest absolute Gasteiger partial charge is 0.253 e. The molecular weight excluding hydrogens is 340 g/mol. The molecule has 0 bridgehead atoms. The van der Waals surface area contributed by atoms with Gasteiger partial charge >= 0.3 is 0 Å². The summed E-state index contributed by atoms with van der Waals surface area (Å²) in [5.41, 5.74) is 2.31. The molecular formula is C18H17BrN2O. The highest BCUT2D eigenvalue weighted by atomic mass is 79.9. The van der Waals surface area contributed by atoms with Crippen LogP contribution in [0.3, 0.4) is 0 Å². The van der Waals surface area contributed by atoms with E-state index in [1.165, 1.54) is 5.01 Å².